The zero-order valence-corrected chi connectivity index (χ0v) is 13.8. The first-order valence-electron chi connectivity index (χ1n) is 8.00. The van der Waals surface area contributed by atoms with Crippen LogP contribution in [0.25, 0.3) is 0 Å². The third kappa shape index (κ3) is 3.81. The summed E-state index contributed by atoms with van der Waals surface area (Å²) >= 11 is 0. The molecule has 0 radical (unpaired) electrons. The Labute approximate surface area is 138 Å². The molecule has 0 aromatic heterocycles. The Balaban J connectivity index is 1.89. The number of aryl methyl sites for hydroxylation is 1. The second kappa shape index (κ2) is 7.15. The van der Waals surface area contributed by atoms with E-state index < -0.39 is 0 Å². The first-order valence-corrected chi connectivity index (χ1v) is 8.00. The largest absolute Gasteiger partial charge is 0.497 e. The third-order valence-corrected chi connectivity index (χ3v) is 4.29. The van der Waals surface area contributed by atoms with Gasteiger partial charge in [0, 0.05) is 0 Å². The van der Waals surface area contributed by atoms with E-state index >= 15 is 0 Å². The molecule has 3 rings (SSSR count). The molecule has 0 amide bonds. The Kier molecular flexibility index (Phi) is 4.77. The molecule has 0 heterocycles. The van der Waals surface area contributed by atoms with E-state index in [2.05, 4.69) is 73.7 Å². The number of benzene rings is 3. The molecule has 0 N–H and O–H groups in total. The minimum atomic E-state index is 0.922. The molecule has 1 nitrogen and oxygen atoms in total. The van der Waals surface area contributed by atoms with Gasteiger partial charge in [0.05, 0.1) is 7.11 Å². The van der Waals surface area contributed by atoms with Gasteiger partial charge >= 0.3 is 0 Å². The van der Waals surface area contributed by atoms with Crippen molar-refractivity contribution in [3.63, 3.8) is 0 Å². The maximum absolute atomic E-state index is 5.37. The summed E-state index contributed by atoms with van der Waals surface area (Å²) in [5.41, 5.74) is 6.75. The Bertz CT molecular complexity index is 775. The van der Waals surface area contributed by atoms with Gasteiger partial charge in [-0.25, -0.2) is 0 Å². The standard InChI is InChI=1S/C22H22O/c1-17-12-13-22(23-2)16-21(17)15-20-11-7-6-10-19(20)14-18-8-4-3-5-9-18/h3-13,16H,14-15H2,1-2H3. The third-order valence-electron chi connectivity index (χ3n) is 4.29. The zero-order chi connectivity index (χ0) is 16.1. The molecule has 0 aliphatic rings. The fraction of sp³-hybridized carbons (Fsp3) is 0.182. The van der Waals surface area contributed by atoms with Crippen molar-refractivity contribution in [2.45, 2.75) is 19.8 Å². The lowest BCUT2D eigenvalue weighted by Crippen LogP contribution is -1.99. The van der Waals surface area contributed by atoms with E-state index in [1.165, 1.54) is 27.8 Å². The molecule has 116 valence electrons. The quantitative estimate of drug-likeness (QED) is 0.630. The maximum atomic E-state index is 5.37. The molecule has 0 bridgehead atoms. The highest BCUT2D eigenvalue weighted by Crippen LogP contribution is 2.23. The van der Waals surface area contributed by atoms with Crippen LogP contribution in [0.2, 0.25) is 0 Å². The van der Waals surface area contributed by atoms with Gasteiger partial charge in [-0.2, -0.15) is 0 Å². The smallest absolute Gasteiger partial charge is 0.119 e. The molecule has 0 saturated heterocycles. The molecule has 23 heavy (non-hydrogen) atoms. The first-order chi connectivity index (χ1) is 11.3. The molecule has 1 heteroatoms. The fourth-order valence-electron chi connectivity index (χ4n) is 2.89. The normalized spacial score (nSPS) is 10.5. The molecule has 0 aliphatic carbocycles. The van der Waals surface area contributed by atoms with Gasteiger partial charge in [-0.1, -0.05) is 60.7 Å². The van der Waals surface area contributed by atoms with Crippen molar-refractivity contribution >= 4 is 0 Å². The lowest BCUT2D eigenvalue weighted by atomic mass is 9.93. The predicted octanol–water partition coefficient (Wildman–Crippen LogP) is 5.19. The maximum Gasteiger partial charge on any atom is 0.119 e. The number of hydrogen-bond acceptors (Lipinski definition) is 1. The van der Waals surface area contributed by atoms with E-state index in [-0.39, 0.29) is 0 Å². The van der Waals surface area contributed by atoms with Crippen molar-refractivity contribution in [1.82, 2.24) is 0 Å². The van der Waals surface area contributed by atoms with Crippen LogP contribution in [0.4, 0.5) is 0 Å². The fourth-order valence-corrected chi connectivity index (χ4v) is 2.89. The van der Waals surface area contributed by atoms with Gasteiger partial charge in [0.1, 0.15) is 5.75 Å². The summed E-state index contributed by atoms with van der Waals surface area (Å²) in [6, 6.07) is 25.7. The Morgan fingerprint density at radius 1 is 0.696 bits per heavy atom. The molecular formula is C22H22O. The van der Waals surface area contributed by atoms with E-state index in [9.17, 15) is 0 Å². The average Bonchev–Trinajstić information content (AvgIpc) is 2.59. The minimum absolute atomic E-state index is 0.922. The van der Waals surface area contributed by atoms with Crippen LogP contribution < -0.4 is 4.74 Å². The molecule has 0 saturated carbocycles. The minimum Gasteiger partial charge on any atom is -0.497 e. The summed E-state index contributed by atoms with van der Waals surface area (Å²) in [6.45, 7) is 2.16. The Hall–Kier alpha value is -2.54. The van der Waals surface area contributed by atoms with Crippen molar-refractivity contribution in [2.24, 2.45) is 0 Å². The zero-order valence-electron chi connectivity index (χ0n) is 13.8. The van der Waals surface area contributed by atoms with E-state index in [4.69, 9.17) is 4.74 Å². The lowest BCUT2D eigenvalue weighted by molar-refractivity contribution is 0.414. The van der Waals surface area contributed by atoms with Crippen molar-refractivity contribution in [3.05, 3.63) is 101 Å². The second-order valence-corrected chi connectivity index (χ2v) is 5.90. The highest BCUT2D eigenvalue weighted by molar-refractivity contribution is 5.41. The molecule has 0 aliphatic heterocycles. The summed E-state index contributed by atoms with van der Waals surface area (Å²) in [5, 5.41) is 0. The second-order valence-electron chi connectivity index (χ2n) is 5.90. The molecule has 3 aromatic rings. The summed E-state index contributed by atoms with van der Waals surface area (Å²) in [7, 11) is 1.72. The van der Waals surface area contributed by atoms with Crippen LogP contribution in [0, 0.1) is 6.92 Å². The van der Waals surface area contributed by atoms with Crippen LogP contribution in [0.3, 0.4) is 0 Å². The highest BCUT2D eigenvalue weighted by Gasteiger charge is 2.07. The number of rotatable bonds is 5. The molecular weight excluding hydrogens is 280 g/mol. The van der Waals surface area contributed by atoms with E-state index in [1.807, 2.05) is 6.07 Å². The van der Waals surface area contributed by atoms with E-state index in [0.29, 0.717) is 0 Å². The molecule has 0 unspecified atom stereocenters. The average molecular weight is 302 g/mol. The summed E-state index contributed by atoms with van der Waals surface area (Å²) in [5.74, 6) is 0.922. The number of hydrogen-bond donors (Lipinski definition) is 0. The van der Waals surface area contributed by atoms with Crippen molar-refractivity contribution in [3.8, 4) is 5.75 Å². The van der Waals surface area contributed by atoms with Crippen LogP contribution in [0.1, 0.15) is 27.8 Å². The van der Waals surface area contributed by atoms with Crippen LogP contribution in [0.5, 0.6) is 5.75 Å². The van der Waals surface area contributed by atoms with E-state index in [0.717, 1.165) is 18.6 Å². The van der Waals surface area contributed by atoms with Gasteiger partial charge in [-0.3, -0.25) is 0 Å². The van der Waals surface area contributed by atoms with Crippen LogP contribution in [-0.2, 0) is 12.8 Å². The van der Waals surface area contributed by atoms with Crippen LogP contribution in [-0.4, -0.2) is 7.11 Å². The molecule has 0 fully saturated rings. The lowest BCUT2D eigenvalue weighted by Gasteiger charge is -2.13. The van der Waals surface area contributed by atoms with Gasteiger partial charge in [0.2, 0.25) is 0 Å². The molecule has 0 spiro atoms. The topological polar surface area (TPSA) is 9.23 Å². The van der Waals surface area contributed by atoms with Crippen molar-refractivity contribution < 1.29 is 4.74 Å². The highest BCUT2D eigenvalue weighted by atomic mass is 16.5. The summed E-state index contributed by atoms with van der Waals surface area (Å²) in [4.78, 5) is 0. The molecule has 0 atom stereocenters. The number of methoxy groups -OCH3 is 1. The monoisotopic (exact) mass is 302 g/mol. The SMILES string of the molecule is COc1ccc(C)c(Cc2ccccc2Cc2ccccc2)c1. The summed E-state index contributed by atoms with van der Waals surface area (Å²) in [6.07, 6.45) is 1.91. The number of ether oxygens (including phenoxy) is 1. The van der Waals surface area contributed by atoms with Crippen LogP contribution in [0.15, 0.2) is 72.8 Å². The van der Waals surface area contributed by atoms with Gasteiger partial charge < -0.3 is 4.74 Å². The van der Waals surface area contributed by atoms with Crippen LogP contribution >= 0.6 is 0 Å². The molecule has 3 aromatic carbocycles. The van der Waals surface area contributed by atoms with Gasteiger partial charge in [-0.05, 0) is 59.7 Å². The Morgan fingerprint density at radius 2 is 1.35 bits per heavy atom. The van der Waals surface area contributed by atoms with Gasteiger partial charge in [-0.15, -0.1) is 0 Å². The summed E-state index contributed by atoms with van der Waals surface area (Å²) < 4.78 is 5.37. The van der Waals surface area contributed by atoms with Gasteiger partial charge in [0.15, 0.2) is 0 Å². The van der Waals surface area contributed by atoms with E-state index in [1.54, 1.807) is 7.11 Å². The van der Waals surface area contributed by atoms with Crippen molar-refractivity contribution in [1.29, 1.82) is 0 Å². The Morgan fingerprint density at radius 3 is 2.04 bits per heavy atom. The van der Waals surface area contributed by atoms with Crippen molar-refractivity contribution in [2.75, 3.05) is 7.11 Å². The first kappa shape index (κ1) is 15.4. The van der Waals surface area contributed by atoms with Gasteiger partial charge in [0.25, 0.3) is 0 Å². The predicted molar refractivity (Wildman–Crippen MR) is 96.2 cm³/mol.